The highest BCUT2D eigenvalue weighted by Gasteiger charge is 2.27. The molecule has 5 heteroatoms. The van der Waals surface area contributed by atoms with Gasteiger partial charge in [-0.3, -0.25) is 9.79 Å². The molecule has 0 saturated carbocycles. The molecule has 24 heavy (non-hydrogen) atoms. The van der Waals surface area contributed by atoms with Crippen LogP contribution in [0.1, 0.15) is 25.3 Å². The van der Waals surface area contributed by atoms with Crippen LogP contribution in [-0.2, 0) is 4.79 Å². The van der Waals surface area contributed by atoms with Crippen LogP contribution in [0.25, 0.3) is 0 Å². The minimum atomic E-state index is -0.639. The van der Waals surface area contributed by atoms with Crippen LogP contribution < -0.4 is 5.32 Å². The first-order valence-electron chi connectivity index (χ1n) is 7.79. The molecular weight excluding hydrogens is 322 g/mol. The molecular formula is C19H18ClN3O. The molecule has 2 aromatic rings. The number of para-hydroxylation sites is 2. The van der Waals surface area contributed by atoms with Gasteiger partial charge in [0, 0.05) is 5.71 Å². The highest BCUT2D eigenvalue weighted by atomic mass is 35.5. The Morgan fingerprint density at radius 2 is 1.62 bits per heavy atom. The number of alkyl halides is 1. The number of fused-ring (bicyclic) bond motifs is 1. The number of hydrogen-bond donors (Lipinski definition) is 1. The molecule has 0 aromatic heterocycles. The van der Waals surface area contributed by atoms with Crippen molar-refractivity contribution in [1.29, 1.82) is 0 Å². The van der Waals surface area contributed by atoms with Gasteiger partial charge in [-0.1, -0.05) is 42.5 Å². The minimum Gasteiger partial charge on any atom is -0.312 e. The van der Waals surface area contributed by atoms with E-state index in [2.05, 4.69) is 10.3 Å². The van der Waals surface area contributed by atoms with Crippen LogP contribution >= 0.6 is 11.6 Å². The second kappa shape index (κ2) is 6.97. The van der Waals surface area contributed by atoms with Gasteiger partial charge in [-0.15, -0.1) is 11.6 Å². The maximum atomic E-state index is 12.2. The quantitative estimate of drug-likeness (QED) is 0.812. The minimum absolute atomic E-state index is 0.224. The first-order valence-corrected chi connectivity index (χ1v) is 8.22. The number of carbonyl (C=O) groups excluding carboxylic acids is 1. The summed E-state index contributed by atoms with van der Waals surface area (Å²) < 4.78 is 0. The molecule has 1 aliphatic rings. The van der Waals surface area contributed by atoms with Crippen molar-refractivity contribution in [2.24, 2.45) is 9.98 Å². The predicted octanol–water partition coefficient (Wildman–Crippen LogP) is 4.35. The Morgan fingerprint density at radius 1 is 1.04 bits per heavy atom. The van der Waals surface area contributed by atoms with E-state index in [1.807, 2.05) is 61.5 Å². The Morgan fingerprint density at radius 3 is 2.25 bits per heavy atom. The second-order valence-corrected chi connectivity index (χ2v) is 6.34. The fourth-order valence-electron chi connectivity index (χ4n) is 2.67. The fraction of sp³-hybridized carbons (Fsp3) is 0.211. The van der Waals surface area contributed by atoms with Crippen LogP contribution in [0.5, 0.6) is 0 Å². The lowest BCUT2D eigenvalue weighted by molar-refractivity contribution is -0.119. The van der Waals surface area contributed by atoms with Crippen LogP contribution in [0.4, 0.5) is 11.4 Å². The van der Waals surface area contributed by atoms with Gasteiger partial charge < -0.3 is 5.32 Å². The number of aliphatic imine (C=N–C) groups is 2. The molecule has 2 aromatic carbocycles. The summed E-state index contributed by atoms with van der Waals surface area (Å²) in [6.07, 6.45) is 0. The lowest BCUT2D eigenvalue weighted by Gasteiger charge is -2.19. The molecule has 1 amide bonds. The van der Waals surface area contributed by atoms with Gasteiger partial charge in [-0.05, 0) is 31.5 Å². The van der Waals surface area contributed by atoms with Gasteiger partial charge in [0.15, 0.2) is 0 Å². The number of hydrogen-bond acceptors (Lipinski definition) is 3. The summed E-state index contributed by atoms with van der Waals surface area (Å²) in [7, 11) is 0. The number of amidine groups is 1. The fourth-order valence-corrected chi connectivity index (χ4v) is 2.72. The molecule has 0 radical (unpaired) electrons. The topological polar surface area (TPSA) is 53.8 Å². The summed E-state index contributed by atoms with van der Waals surface area (Å²) in [5.41, 5.74) is 3.41. The second-order valence-electron chi connectivity index (χ2n) is 5.69. The maximum absolute atomic E-state index is 12.2. The number of nitrogens with zero attached hydrogens (tertiary/aromatic N) is 2. The van der Waals surface area contributed by atoms with Crippen molar-refractivity contribution in [2.45, 2.75) is 25.1 Å². The predicted molar refractivity (Wildman–Crippen MR) is 98.9 cm³/mol. The average Bonchev–Trinajstić information content (AvgIpc) is 2.70. The highest BCUT2D eigenvalue weighted by Crippen LogP contribution is 2.34. The average molecular weight is 340 g/mol. The van der Waals surface area contributed by atoms with E-state index in [1.54, 1.807) is 6.92 Å². The molecule has 4 nitrogen and oxygen atoms in total. The van der Waals surface area contributed by atoms with Crippen LogP contribution in [0.2, 0.25) is 0 Å². The van der Waals surface area contributed by atoms with E-state index in [9.17, 15) is 4.79 Å². The third kappa shape index (κ3) is 3.39. The molecule has 3 rings (SSSR count). The molecule has 2 atom stereocenters. The number of amides is 1. The summed E-state index contributed by atoms with van der Waals surface area (Å²) in [4.78, 5) is 21.6. The maximum Gasteiger partial charge on any atom is 0.243 e. The molecule has 1 heterocycles. The highest BCUT2D eigenvalue weighted by molar-refractivity contribution is 6.32. The lowest BCUT2D eigenvalue weighted by atomic mass is 9.93. The zero-order chi connectivity index (χ0) is 17.1. The Hall–Kier alpha value is -2.46. The molecule has 1 N–H and O–H groups in total. The molecule has 0 bridgehead atoms. The van der Waals surface area contributed by atoms with Crippen molar-refractivity contribution < 1.29 is 4.79 Å². The number of nitrogens with one attached hydrogen (secondary N) is 1. The molecule has 0 unspecified atom stereocenters. The largest absolute Gasteiger partial charge is 0.312 e. The van der Waals surface area contributed by atoms with Crippen LogP contribution in [0.3, 0.4) is 0 Å². The first-order chi connectivity index (χ1) is 11.6. The number of carbonyl (C=O) groups is 1. The van der Waals surface area contributed by atoms with Gasteiger partial charge in [0.2, 0.25) is 5.91 Å². The van der Waals surface area contributed by atoms with E-state index >= 15 is 0 Å². The van der Waals surface area contributed by atoms with E-state index in [-0.39, 0.29) is 11.8 Å². The van der Waals surface area contributed by atoms with E-state index < -0.39 is 5.38 Å². The Bertz CT molecular complexity index is 812. The molecule has 122 valence electrons. The number of rotatable bonds is 2. The van der Waals surface area contributed by atoms with Crippen molar-refractivity contribution in [3.63, 3.8) is 0 Å². The van der Waals surface area contributed by atoms with Crippen LogP contribution in [0, 0.1) is 0 Å². The molecule has 1 aliphatic heterocycles. The number of benzene rings is 2. The summed E-state index contributed by atoms with van der Waals surface area (Å²) in [6, 6.07) is 17.5. The normalized spacial score (nSPS) is 17.9. The lowest BCUT2D eigenvalue weighted by Crippen LogP contribution is -2.40. The standard InChI is InChI=1S/C19H18ClN3O/c1-12(20)19(24)23-18-17(14-8-4-3-5-9-14)13(2)21-15-10-6-7-11-16(15)22-18/h3-12,17H,1-2H3,(H,22,23,24)/t12-,17+/m0/s1. The molecule has 0 saturated heterocycles. The van der Waals surface area contributed by atoms with Crippen molar-refractivity contribution in [1.82, 2.24) is 5.32 Å². The van der Waals surface area contributed by atoms with Gasteiger partial charge >= 0.3 is 0 Å². The van der Waals surface area contributed by atoms with Gasteiger partial charge in [-0.2, -0.15) is 0 Å². The third-order valence-electron chi connectivity index (χ3n) is 3.86. The summed E-state index contributed by atoms with van der Waals surface area (Å²) in [5, 5.41) is 2.24. The molecule has 0 fully saturated rings. The van der Waals surface area contributed by atoms with E-state index in [0.717, 1.165) is 22.6 Å². The summed E-state index contributed by atoms with van der Waals surface area (Å²) >= 11 is 5.92. The van der Waals surface area contributed by atoms with Crippen LogP contribution in [-0.4, -0.2) is 22.8 Å². The van der Waals surface area contributed by atoms with Crippen molar-refractivity contribution >= 4 is 40.4 Å². The zero-order valence-corrected chi connectivity index (χ0v) is 14.3. The smallest absolute Gasteiger partial charge is 0.243 e. The monoisotopic (exact) mass is 339 g/mol. The first kappa shape index (κ1) is 16.4. The Labute approximate surface area is 146 Å². The van der Waals surface area contributed by atoms with Crippen molar-refractivity contribution in [3.05, 3.63) is 60.2 Å². The Kier molecular flexibility index (Phi) is 4.76. The van der Waals surface area contributed by atoms with Gasteiger partial charge in [0.1, 0.15) is 11.2 Å². The third-order valence-corrected chi connectivity index (χ3v) is 4.05. The zero-order valence-electron chi connectivity index (χ0n) is 13.5. The van der Waals surface area contributed by atoms with E-state index in [0.29, 0.717) is 5.84 Å². The SMILES string of the molecule is CC1=Nc2ccccc2N=C(NC(=O)[C@H](C)Cl)[C@H]1c1ccccc1. The van der Waals surface area contributed by atoms with Crippen molar-refractivity contribution in [2.75, 3.05) is 0 Å². The van der Waals surface area contributed by atoms with Gasteiger partial charge in [0.25, 0.3) is 0 Å². The van der Waals surface area contributed by atoms with E-state index in [1.165, 1.54) is 0 Å². The summed E-state index contributed by atoms with van der Waals surface area (Å²) in [6.45, 7) is 3.59. The van der Waals surface area contributed by atoms with Crippen molar-refractivity contribution in [3.8, 4) is 0 Å². The Balaban J connectivity index is 2.12. The van der Waals surface area contributed by atoms with E-state index in [4.69, 9.17) is 16.6 Å². The number of halogens is 1. The molecule has 0 aliphatic carbocycles. The van der Waals surface area contributed by atoms with Gasteiger partial charge in [0.05, 0.1) is 17.3 Å². The molecule has 0 spiro atoms. The summed E-state index contributed by atoms with van der Waals surface area (Å²) in [5.74, 6) is 0.0476. The van der Waals surface area contributed by atoms with Gasteiger partial charge in [-0.25, -0.2) is 4.99 Å². The van der Waals surface area contributed by atoms with Crippen LogP contribution in [0.15, 0.2) is 64.6 Å².